The Kier molecular flexibility index (Phi) is 8.26. The Hall–Kier alpha value is -2.28. The molecular formula is C25H37N3O4. The molecular weight excluding hydrogens is 406 g/mol. The molecule has 0 spiro atoms. The predicted molar refractivity (Wildman–Crippen MR) is 124 cm³/mol. The van der Waals surface area contributed by atoms with Gasteiger partial charge in [0.2, 0.25) is 0 Å². The van der Waals surface area contributed by atoms with Crippen LogP contribution in [0.15, 0.2) is 30.3 Å². The number of ether oxygens (including phenoxy) is 2. The fourth-order valence-corrected chi connectivity index (χ4v) is 5.18. The Morgan fingerprint density at radius 3 is 2.56 bits per heavy atom. The first kappa shape index (κ1) is 22.9. The van der Waals surface area contributed by atoms with Crippen molar-refractivity contribution in [1.29, 1.82) is 0 Å². The molecule has 1 aliphatic carbocycles. The van der Waals surface area contributed by atoms with E-state index in [0.29, 0.717) is 13.0 Å². The zero-order chi connectivity index (χ0) is 22.2. The van der Waals surface area contributed by atoms with Gasteiger partial charge in [0.1, 0.15) is 6.61 Å². The fraction of sp³-hybridized carbons (Fsp3) is 0.680. The van der Waals surface area contributed by atoms with Gasteiger partial charge in [-0.15, -0.1) is 0 Å². The van der Waals surface area contributed by atoms with Gasteiger partial charge >= 0.3 is 12.1 Å². The molecule has 1 N–H and O–H groups in total. The number of nitrogens with one attached hydrogen (secondary N) is 1. The molecule has 1 amide bonds. The SMILES string of the molecule is O=C(CCCC1CCCCC1)OC[C@H]1OC(=O)N[C@@H]1CN1CCN(c2ccccc2)CC1. The number of rotatable bonds is 9. The van der Waals surface area contributed by atoms with E-state index in [2.05, 4.69) is 39.4 Å². The van der Waals surface area contributed by atoms with Crippen molar-refractivity contribution >= 4 is 17.7 Å². The Morgan fingerprint density at radius 2 is 1.81 bits per heavy atom. The van der Waals surface area contributed by atoms with Crippen LogP contribution in [0.5, 0.6) is 0 Å². The van der Waals surface area contributed by atoms with Crippen molar-refractivity contribution in [2.24, 2.45) is 5.92 Å². The summed E-state index contributed by atoms with van der Waals surface area (Å²) in [6.07, 6.45) is 8.25. The number of carbonyl (C=O) groups is 2. The van der Waals surface area contributed by atoms with Crippen molar-refractivity contribution < 1.29 is 19.1 Å². The van der Waals surface area contributed by atoms with Gasteiger partial charge in [-0.3, -0.25) is 9.69 Å². The van der Waals surface area contributed by atoms with E-state index in [0.717, 1.165) is 44.9 Å². The maximum Gasteiger partial charge on any atom is 0.408 e. The molecule has 3 fully saturated rings. The largest absolute Gasteiger partial charge is 0.462 e. The average Bonchev–Trinajstić information content (AvgIpc) is 3.18. The first-order valence-corrected chi connectivity index (χ1v) is 12.3. The van der Waals surface area contributed by atoms with E-state index in [-0.39, 0.29) is 18.6 Å². The summed E-state index contributed by atoms with van der Waals surface area (Å²) in [4.78, 5) is 28.8. The van der Waals surface area contributed by atoms with Crippen LogP contribution in [0.3, 0.4) is 0 Å². The molecule has 0 unspecified atom stereocenters. The van der Waals surface area contributed by atoms with Crippen molar-refractivity contribution in [1.82, 2.24) is 10.2 Å². The van der Waals surface area contributed by atoms with E-state index >= 15 is 0 Å². The molecule has 2 aliphatic heterocycles. The molecule has 1 aromatic rings. The van der Waals surface area contributed by atoms with Gasteiger partial charge < -0.3 is 19.7 Å². The van der Waals surface area contributed by atoms with Crippen LogP contribution in [0.4, 0.5) is 10.5 Å². The van der Waals surface area contributed by atoms with E-state index in [1.807, 2.05) is 6.07 Å². The topological polar surface area (TPSA) is 71.1 Å². The number of benzene rings is 1. The van der Waals surface area contributed by atoms with Gasteiger partial charge in [0.15, 0.2) is 6.10 Å². The minimum absolute atomic E-state index is 0.135. The molecule has 2 atom stereocenters. The quantitative estimate of drug-likeness (QED) is 0.589. The van der Waals surface area contributed by atoms with Crippen LogP contribution < -0.4 is 10.2 Å². The third kappa shape index (κ3) is 6.61. The number of esters is 1. The summed E-state index contributed by atoms with van der Waals surface area (Å²) in [5, 5.41) is 2.90. The van der Waals surface area contributed by atoms with Crippen molar-refractivity contribution in [3.63, 3.8) is 0 Å². The molecule has 1 saturated carbocycles. The number of anilines is 1. The summed E-state index contributed by atoms with van der Waals surface area (Å²) in [5.41, 5.74) is 1.25. The van der Waals surface area contributed by atoms with E-state index in [1.54, 1.807) is 0 Å². The third-order valence-electron chi connectivity index (χ3n) is 7.09. The molecule has 0 radical (unpaired) electrons. The Balaban J connectivity index is 1.16. The highest BCUT2D eigenvalue weighted by atomic mass is 16.6. The van der Waals surface area contributed by atoms with Gasteiger partial charge in [-0.05, 0) is 30.9 Å². The van der Waals surface area contributed by atoms with E-state index in [4.69, 9.17) is 9.47 Å². The fourth-order valence-electron chi connectivity index (χ4n) is 5.18. The highest BCUT2D eigenvalue weighted by Gasteiger charge is 2.36. The lowest BCUT2D eigenvalue weighted by Crippen LogP contribution is -2.52. The lowest BCUT2D eigenvalue weighted by Gasteiger charge is -2.37. The molecule has 7 nitrogen and oxygen atoms in total. The molecule has 4 rings (SSSR count). The Labute approximate surface area is 191 Å². The van der Waals surface area contributed by atoms with E-state index in [1.165, 1.54) is 37.8 Å². The zero-order valence-electron chi connectivity index (χ0n) is 19.0. The molecule has 3 aliphatic rings. The molecule has 2 heterocycles. The van der Waals surface area contributed by atoms with Crippen LogP contribution in [0.1, 0.15) is 51.4 Å². The smallest absolute Gasteiger partial charge is 0.408 e. The third-order valence-corrected chi connectivity index (χ3v) is 7.09. The first-order chi connectivity index (χ1) is 15.7. The van der Waals surface area contributed by atoms with Gasteiger partial charge in [-0.1, -0.05) is 50.3 Å². The van der Waals surface area contributed by atoms with Gasteiger partial charge in [-0.2, -0.15) is 0 Å². The number of hydrogen-bond acceptors (Lipinski definition) is 6. The summed E-state index contributed by atoms with van der Waals surface area (Å²) < 4.78 is 10.9. The van der Waals surface area contributed by atoms with Crippen molar-refractivity contribution in [3.8, 4) is 0 Å². The number of cyclic esters (lactones) is 1. The van der Waals surface area contributed by atoms with Gasteiger partial charge in [0, 0.05) is 44.8 Å². The highest BCUT2D eigenvalue weighted by molar-refractivity contribution is 5.71. The summed E-state index contributed by atoms with van der Waals surface area (Å²) in [7, 11) is 0. The van der Waals surface area contributed by atoms with Crippen LogP contribution >= 0.6 is 0 Å². The van der Waals surface area contributed by atoms with Crippen molar-refractivity contribution in [2.75, 3.05) is 44.2 Å². The molecule has 0 aromatic heterocycles. The minimum Gasteiger partial charge on any atom is -0.462 e. The Morgan fingerprint density at radius 1 is 1.06 bits per heavy atom. The summed E-state index contributed by atoms with van der Waals surface area (Å²) in [6, 6.07) is 10.3. The average molecular weight is 444 g/mol. The molecule has 1 aromatic carbocycles. The van der Waals surface area contributed by atoms with Crippen molar-refractivity contribution in [2.45, 2.75) is 63.5 Å². The second-order valence-corrected chi connectivity index (χ2v) is 9.40. The number of hydrogen-bond donors (Lipinski definition) is 1. The summed E-state index contributed by atoms with van der Waals surface area (Å²) >= 11 is 0. The predicted octanol–water partition coefficient (Wildman–Crippen LogP) is 3.58. The second-order valence-electron chi connectivity index (χ2n) is 9.40. The maximum absolute atomic E-state index is 12.2. The van der Waals surface area contributed by atoms with Crippen molar-refractivity contribution in [3.05, 3.63) is 30.3 Å². The first-order valence-electron chi connectivity index (χ1n) is 12.3. The van der Waals surface area contributed by atoms with E-state index < -0.39 is 12.2 Å². The molecule has 32 heavy (non-hydrogen) atoms. The van der Waals surface area contributed by atoms with Crippen LogP contribution in [0, 0.1) is 5.92 Å². The molecule has 0 bridgehead atoms. The van der Waals surface area contributed by atoms with Crippen LogP contribution in [-0.2, 0) is 14.3 Å². The number of alkyl carbamates (subject to hydrolysis) is 1. The molecule has 7 heteroatoms. The van der Waals surface area contributed by atoms with Gasteiger partial charge in [-0.25, -0.2) is 4.79 Å². The zero-order valence-corrected chi connectivity index (χ0v) is 19.0. The Bertz CT molecular complexity index is 730. The minimum atomic E-state index is -0.420. The summed E-state index contributed by atoms with van der Waals surface area (Å²) in [6.45, 7) is 4.59. The van der Waals surface area contributed by atoms with Crippen LogP contribution in [-0.4, -0.2) is 68.4 Å². The normalized spacial score (nSPS) is 24.8. The monoisotopic (exact) mass is 443 g/mol. The van der Waals surface area contributed by atoms with E-state index in [9.17, 15) is 9.59 Å². The summed E-state index contributed by atoms with van der Waals surface area (Å²) in [5.74, 6) is 0.599. The van der Waals surface area contributed by atoms with Gasteiger partial charge in [0.05, 0.1) is 6.04 Å². The number of nitrogens with zero attached hydrogens (tertiary/aromatic N) is 2. The highest BCUT2D eigenvalue weighted by Crippen LogP contribution is 2.27. The lowest BCUT2D eigenvalue weighted by molar-refractivity contribution is -0.146. The molecule has 176 valence electrons. The number of piperazine rings is 1. The number of para-hydroxylation sites is 1. The molecule has 2 saturated heterocycles. The second kappa shape index (κ2) is 11.5. The van der Waals surface area contributed by atoms with Crippen LogP contribution in [0.25, 0.3) is 0 Å². The lowest BCUT2D eigenvalue weighted by atomic mass is 9.86. The number of carbonyl (C=O) groups excluding carboxylic acids is 2. The standard InChI is InChI=1S/C25H37N3O4/c29-24(13-7-10-20-8-3-1-4-9-20)31-19-23-22(26-25(30)32-23)18-27-14-16-28(17-15-27)21-11-5-2-6-12-21/h2,5-6,11-12,20,22-23H,1,3-4,7-10,13-19H2,(H,26,30)/t22-,23-/m1/s1. The van der Waals surface area contributed by atoms with Crippen LogP contribution in [0.2, 0.25) is 0 Å². The maximum atomic E-state index is 12.2. The van der Waals surface area contributed by atoms with Gasteiger partial charge in [0.25, 0.3) is 0 Å². The number of amides is 1.